The number of carbonyl (C=O) groups is 3. The molecule has 4 N–H and O–H groups in total. The zero-order chi connectivity index (χ0) is 28.6. The molecule has 1 saturated carbocycles. The highest BCUT2D eigenvalue weighted by Crippen LogP contribution is 2.31. The summed E-state index contributed by atoms with van der Waals surface area (Å²) in [5.41, 5.74) is 8.12. The van der Waals surface area contributed by atoms with E-state index in [-0.39, 0.29) is 30.0 Å². The molecule has 0 unspecified atom stereocenters. The van der Waals surface area contributed by atoms with Gasteiger partial charge in [0.2, 0.25) is 0 Å². The van der Waals surface area contributed by atoms with E-state index in [4.69, 9.17) is 19.9 Å². The van der Waals surface area contributed by atoms with Crippen LogP contribution in [0.25, 0.3) is 0 Å². The number of carbonyl (C=O) groups excluding carboxylic acids is 3. The van der Waals surface area contributed by atoms with Crippen LogP contribution < -0.4 is 30.7 Å². The van der Waals surface area contributed by atoms with Gasteiger partial charge in [-0.3, -0.25) is 9.59 Å². The number of nitrogens with two attached hydrogens (primary N) is 1. The summed E-state index contributed by atoms with van der Waals surface area (Å²) in [5, 5.41) is 6.12. The van der Waals surface area contributed by atoms with Crippen LogP contribution in [0.2, 0.25) is 0 Å². The van der Waals surface area contributed by atoms with Crippen molar-refractivity contribution in [2.75, 3.05) is 57.7 Å². The molecule has 4 rings (SSSR count). The molecule has 1 aliphatic heterocycles. The maximum atomic E-state index is 13.4. The average molecular weight is 554 g/mol. The molecule has 0 radical (unpaired) electrons. The van der Waals surface area contributed by atoms with Crippen molar-refractivity contribution in [3.05, 3.63) is 47.5 Å². The first-order valence-corrected chi connectivity index (χ1v) is 13.6. The van der Waals surface area contributed by atoms with Gasteiger partial charge in [-0.15, -0.1) is 0 Å². The van der Waals surface area contributed by atoms with Crippen LogP contribution in [0.1, 0.15) is 52.8 Å². The molecule has 2 aromatic rings. The predicted molar refractivity (Wildman–Crippen MR) is 152 cm³/mol. The Morgan fingerprint density at radius 3 is 2.23 bits per heavy atom. The molecule has 2 aliphatic rings. The van der Waals surface area contributed by atoms with Gasteiger partial charge in [-0.05, 0) is 68.5 Å². The monoisotopic (exact) mass is 553 g/mol. The topological polar surface area (TPSA) is 135 Å². The van der Waals surface area contributed by atoms with Crippen molar-refractivity contribution in [3.8, 4) is 11.5 Å². The van der Waals surface area contributed by atoms with Crippen LogP contribution in [-0.2, 0) is 4.74 Å². The molecule has 0 aromatic heterocycles. The second-order valence-corrected chi connectivity index (χ2v) is 10.1. The van der Waals surface area contributed by atoms with Crippen LogP contribution in [-0.4, -0.2) is 82.4 Å². The Kier molecular flexibility index (Phi) is 9.70. The summed E-state index contributed by atoms with van der Waals surface area (Å²) in [6.45, 7) is 2.26. The van der Waals surface area contributed by atoms with Gasteiger partial charge in [0.05, 0.1) is 32.7 Å². The Morgan fingerprint density at radius 2 is 1.52 bits per heavy atom. The third-order valence-electron chi connectivity index (χ3n) is 7.53. The molecule has 1 heterocycles. The predicted octanol–water partition coefficient (Wildman–Crippen LogP) is 3.23. The van der Waals surface area contributed by atoms with Crippen LogP contribution in [0.3, 0.4) is 0 Å². The van der Waals surface area contributed by atoms with E-state index in [0.717, 1.165) is 37.8 Å². The molecule has 3 amide bonds. The summed E-state index contributed by atoms with van der Waals surface area (Å²) in [7, 11) is 4.42. The lowest BCUT2D eigenvalue weighted by atomic mass is 9.91. The number of hydrogen-bond donors (Lipinski definition) is 3. The van der Waals surface area contributed by atoms with Crippen molar-refractivity contribution >= 4 is 29.3 Å². The van der Waals surface area contributed by atoms with Gasteiger partial charge in [0.15, 0.2) is 11.5 Å². The molecule has 1 saturated heterocycles. The van der Waals surface area contributed by atoms with Crippen LogP contribution >= 0.6 is 0 Å². The first kappa shape index (κ1) is 29.0. The zero-order valence-electron chi connectivity index (χ0n) is 23.4. The molecular formula is C29H39N5O6. The fourth-order valence-electron chi connectivity index (χ4n) is 5.23. The van der Waals surface area contributed by atoms with E-state index in [1.165, 1.54) is 21.3 Å². The maximum absolute atomic E-state index is 13.4. The molecule has 2 aromatic carbocycles. The molecule has 0 spiro atoms. The number of nitrogens with one attached hydrogen (secondary N) is 2. The molecule has 216 valence electrons. The largest absolute Gasteiger partial charge is 0.493 e. The quantitative estimate of drug-likeness (QED) is 0.476. The highest BCUT2D eigenvalue weighted by Gasteiger charge is 2.24. The summed E-state index contributed by atoms with van der Waals surface area (Å²) < 4.78 is 15.6. The van der Waals surface area contributed by atoms with Crippen molar-refractivity contribution in [2.45, 2.75) is 44.2 Å². The summed E-state index contributed by atoms with van der Waals surface area (Å²) in [5.74, 6) is 0.404. The normalized spacial score (nSPS) is 19.3. The van der Waals surface area contributed by atoms with Crippen LogP contribution in [0.15, 0.2) is 36.4 Å². The number of benzene rings is 2. The van der Waals surface area contributed by atoms with E-state index >= 15 is 0 Å². The fraction of sp³-hybridized carbons (Fsp3) is 0.483. The van der Waals surface area contributed by atoms with Gasteiger partial charge >= 0.3 is 6.09 Å². The molecule has 1 aliphatic carbocycles. The minimum Gasteiger partial charge on any atom is -0.493 e. The van der Waals surface area contributed by atoms with Gasteiger partial charge in [0.25, 0.3) is 11.8 Å². The van der Waals surface area contributed by atoms with Crippen LogP contribution in [0.4, 0.5) is 16.2 Å². The van der Waals surface area contributed by atoms with Crippen molar-refractivity contribution in [3.63, 3.8) is 0 Å². The van der Waals surface area contributed by atoms with E-state index in [1.807, 2.05) is 6.07 Å². The Hall–Kier alpha value is -3.99. The Bertz CT molecular complexity index is 1210. The lowest BCUT2D eigenvalue weighted by Gasteiger charge is -2.28. The van der Waals surface area contributed by atoms with Gasteiger partial charge in [-0.2, -0.15) is 0 Å². The van der Waals surface area contributed by atoms with E-state index in [9.17, 15) is 14.4 Å². The number of hydrogen-bond acceptors (Lipinski definition) is 8. The summed E-state index contributed by atoms with van der Waals surface area (Å²) in [6, 6.07) is 10.5. The lowest BCUT2D eigenvalue weighted by Crippen LogP contribution is -2.40. The van der Waals surface area contributed by atoms with E-state index in [1.54, 1.807) is 35.2 Å². The zero-order valence-corrected chi connectivity index (χ0v) is 23.4. The Balaban J connectivity index is 1.60. The SMILES string of the molecule is COC(=O)N1CCCN(c2ccc(C(=O)NC3CCC(N)CC3)cc2NC(=O)c2ccc(OC)c(OC)c2)CC1. The van der Waals surface area contributed by atoms with Crippen LogP contribution in [0, 0.1) is 0 Å². The molecule has 0 bridgehead atoms. The second-order valence-electron chi connectivity index (χ2n) is 10.1. The van der Waals surface area contributed by atoms with Gasteiger partial charge < -0.3 is 40.4 Å². The number of ether oxygens (including phenoxy) is 3. The van der Waals surface area contributed by atoms with Crippen molar-refractivity contribution in [1.29, 1.82) is 0 Å². The standard InChI is InChI=1S/C29H39N5O6/c1-38-25-12-6-20(18-26(25)39-2)28(36)32-23-17-19(27(35)31-22-9-7-21(30)8-10-22)5-11-24(23)33-13-4-14-34(16-15-33)29(37)40-3/h5-6,11-12,17-18,21-22H,4,7-10,13-16,30H2,1-3H3,(H,31,35)(H,32,36). The maximum Gasteiger partial charge on any atom is 0.409 e. The summed E-state index contributed by atoms with van der Waals surface area (Å²) >= 11 is 0. The Labute approximate surface area is 234 Å². The number of amides is 3. The number of methoxy groups -OCH3 is 3. The molecule has 0 atom stereocenters. The fourth-order valence-corrected chi connectivity index (χ4v) is 5.23. The van der Waals surface area contributed by atoms with Crippen molar-refractivity contribution < 1.29 is 28.6 Å². The third-order valence-corrected chi connectivity index (χ3v) is 7.53. The molecular weight excluding hydrogens is 514 g/mol. The molecule has 2 fully saturated rings. The van der Waals surface area contributed by atoms with Gasteiger partial charge in [-0.25, -0.2) is 4.79 Å². The van der Waals surface area contributed by atoms with E-state index in [0.29, 0.717) is 54.5 Å². The second kappa shape index (κ2) is 13.4. The van der Waals surface area contributed by atoms with Crippen molar-refractivity contribution in [1.82, 2.24) is 10.2 Å². The number of nitrogens with zero attached hydrogens (tertiary/aromatic N) is 2. The molecule has 11 nitrogen and oxygen atoms in total. The lowest BCUT2D eigenvalue weighted by molar-refractivity contribution is 0.0924. The highest BCUT2D eigenvalue weighted by molar-refractivity contribution is 6.07. The van der Waals surface area contributed by atoms with Crippen molar-refractivity contribution in [2.24, 2.45) is 5.73 Å². The highest BCUT2D eigenvalue weighted by atomic mass is 16.5. The average Bonchev–Trinajstić information content (AvgIpc) is 3.23. The minimum atomic E-state index is -0.362. The third kappa shape index (κ3) is 6.95. The minimum absolute atomic E-state index is 0.0756. The van der Waals surface area contributed by atoms with Gasteiger partial charge in [-0.1, -0.05) is 0 Å². The summed E-state index contributed by atoms with van der Waals surface area (Å²) in [4.78, 5) is 42.4. The van der Waals surface area contributed by atoms with Gasteiger partial charge in [0, 0.05) is 49.4 Å². The first-order valence-electron chi connectivity index (χ1n) is 13.6. The summed E-state index contributed by atoms with van der Waals surface area (Å²) in [6.07, 6.45) is 3.82. The van der Waals surface area contributed by atoms with Crippen LogP contribution in [0.5, 0.6) is 11.5 Å². The smallest absolute Gasteiger partial charge is 0.409 e. The van der Waals surface area contributed by atoms with E-state index in [2.05, 4.69) is 15.5 Å². The molecule has 11 heteroatoms. The first-order chi connectivity index (χ1) is 19.3. The number of rotatable bonds is 7. The number of anilines is 2. The molecule has 40 heavy (non-hydrogen) atoms. The van der Waals surface area contributed by atoms with E-state index < -0.39 is 0 Å². The van der Waals surface area contributed by atoms with Gasteiger partial charge in [0.1, 0.15) is 0 Å². The Morgan fingerprint density at radius 1 is 0.825 bits per heavy atom.